The smallest absolute Gasteiger partial charge is 0.226 e. The molecule has 2 heterocycles. The predicted molar refractivity (Wildman–Crippen MR) is 78.1 cm³/mol. The van der Waals surface area contributed by atoms with E-state index < -0.39 is 0 Å². The van der Waals surface area contributed by atoms with Crippen LogP contribution in [0.1, 0.15) is 45.4 Å². The second-order valence-electron chi connectivity index (χ2n) is 6.36. The predicted octanol–water partition coefficient (Wildman–Crippen LogP) is 1.37. The monoisotopic (exact) mass is 267 g/mol. The van der Waals surface area contributed by atoms with Crippen molar-refractivity contribution in [3.05, 3.63) is 0 Å². The van der Waals surface area contributed by atoms with Crippen LogP contribution in [0.5, 0.6) is 0 Å². The van der Waals surface area contributed by atoms with E-state index in [4.69, 9.17) is 0 Å². The van der Waals surface area contributed by atoms with Gasteiger partial charge in [0.2, 0.25) is 5.91 Å². The average molecular weight is 267 g/mol. The first-order valence-corrected chi connectivity index (χ1v) is 7.86. The molecule has 0 aromatic carbocycles. The van der Waals surface area contributed by atoms with Gasteiger partial charge in [0.05, 0.1) is 5.41 Å². The first-order chi connectivity index (χ1) is 9.16. The minimum absolute atomic E-state index is 0.101. The number of carbonyl (C=O) groups is 1. The van der Waals surface area contributed by atoms with Gasteiger partial charge in [0.1, 0.15) is 0 Å². The second kappa shape index (κ2) is 6.71. The Hall–Kier alpha value is -0.610. The Morgan fingerprint density at radius 3 is 2.79 bits per heavy atom. The van der Waals surface area contributed by atoms with Crippen molar-refractivity contribution in [2.24, 2.45) is 5.41 Å². The molecule has 2 rings (SSSR count). The van der Waals surface area contributed by atoms with Crippen LogP contribution < -0.4 is 10.6 Å². The van der Waals surface area contributed by atoms with E-state index in [0.29, 0.717) is 11.9 Å². The van der Waals surface area contributed by atoms with E-state index in [1.165, 1.54) is 6.42 Å². The molecule has 4 heteroatoms. The number of likely N-dealkylation sites (tertiary alicyclic amines) is 1. The van der Waals surface area contributed by atoms with Crippen molar-refractivity contribution in [3.8, 4) is 0 Å². The van der Waals surface area contributed by atoms with Crippen LogP contribution in [0.3, 0.4) is 0 Å². The molecule has 2 fully saturated rings. The number of likely N-dealkylation sites (N-methyl/N-ethyl adjacent to an activating group) is 1. The molecule has 2 saturated heterocycles. The van der Waals surface area contributed by atoms with Gasteiger partial charge in [0, 0.05) is 12.6 Å². The molecule has 0 saturated carbocycles. The summed E-state index contributed by atoms with van der Waals surface area (Å²) in [5.41, 5.74) is -0.101. The Balaban J connectivity index is 1.95. The lowest BCUT2D eigenvalue weighted by Crippen LogP contribution is -2.53. The lowest BCUT2D eigenvalue weighted by molar-refractivity contribution is -0.134. The van der Waals surface area contributed by atoms with Gasteiger partial charge in [-0.25, -0.2) is 0 Å². The molecule has 0 spiro atoms. The van der Waals surface area contributed by atoms with Crippen LogP contribution in [-0.2, 0) is 4.79 Å². The summed E-state index contributed by atoms with van der Waals surface area (Å²) in [5, 5.41) is 6.71. The van der Waals surface area contributed by atoms with Crippen molar-refractivity contribution in [2.45, 2.75) is 51.5 Å². The Morgan fingerprint density at radius 1 is 1.42 bits per heavy atom. The number of piperidine rings is 2. The van der Waals surface area contributed by atoms with Gasteiger partial charge >= 0.3 is 0 Å². The second-order valence-corrected chi connectivity index (χ2v) is 6.36. The van der Waals surface area contributed by atoms with Gasteiger partial charge in [-0.05, 0) is 58.8 Å². The standard InChI is InChI=1S/C15H29N3O/c1-3-6-15(7-9-16-10-8-15)14(19)17-13-5-4-11-18(2)12-13/h13,16H,3-12H2,1-2H3,(H,17,19). The number of hydrogen-bond donors (Lipinski definition) is 2. The Labute approximate surface area is 117 Å². The van der Waals surface area contributed by atoms with E-state index in [2.05, 4.69) is 29.5 Å². The van der Waals surface area contributed by atoms with E-state index in [-0.39, 0.29) is 5.41 Å². The minimum atomic E-state index is -0.101. The topological polar surface area (TPSA) is 44.4 Å². The van der Waals surface area contributed by atoms with E-state index in [1.54, 1.807) is 0 Å². The highest BCUT2D eigenvalue weighted by Crippen LogP contribution is 2.34. The molecule has 0 bridgehead atoms. The third-order valence-electron chi connectivity index (χ3n) is 4.73. The van der Waals surface area contributed by atoms with E-state index >= 15 is 0 Å². The highest BCUT2D eigenvalue weighted by atomic mass is 16.2. The normalized spacial score (nSPS) is 28.0. The maximum atomic E-state index is 12.7. The molecule has 2 aliphatic rings. The number of amides is 1. The van der Waals surface area contributed by atoms with Crippen LogP contribution in [0.15, 0.2) is 0 Å². The van der Waals surface area contributed by atoms with Crippen LogP contribution in [0.25, 0.3) is 0 Å². The number of rotatable bonds is 4. The molecule has 0 aliphatic carbocycles. The summed E-state index contributed by atoms with van der Waals surface area (Å²) < 4.78 is 0. The van der Waals surface area contributed by atoms with Gasteiger partial charge in [-0.3, -0.25) is 4.79 Å². The van der Waals surface area contributed by atoms with Gasteiger partial charge in [-0.1, -0.05) is 13.3 Å². The zero-order chi connectivity index (χ0) is 13.7. The summed E-state index contributed by atoms with van der Waals surface area (Å²) in [7, 11) is 2.14. The Kier molecular flexibility index (Phi) is 5.22. The third kappa shape index (κ3) is 3.69. The van der Waals surface area contributed by atoms with E-state index in [0.717, 1.165) is 58.3 Å². The molecule has 2 aliphatic heterocycles. The molecular weight excluding hydrogens is 238 g/mol. The summed E-state index contributed by atoms with van der Waals surface area (Å²) in [6, 6.07) is 0.356. The molecule has 0 radical (unpaired) electrons. The maximum absolute atomic E-state index is 12.7. The SMILES string of the molecule is CCCC1(C(=O)NC2CCCN(C)C2)CCNCC1. The van der Waals surface area contributed by atoms with Crippen molar-refractivity contribution in [1.29, 1.82) is 0 Å². The number of hydrogen-bond acceptors (Lipinski definition) is 3. The molecule has 1 amide bonds. The number of nitrogens with one attached hydrogen (secondary N) is 2. The van der Waals surface area contributed by atoms with Crippen LogP contribution in [0.2, 0.25) is 0 Å². The summed E-state index contributed by atoms with van der Waals surface area (Å²) in [4.78, 5) is 15.1. The van der Waals surface area contributed by atoms with Gasteiger partial charge < -0.3 is 15.5 Å². The molecule has 0 aromatic heterocycles. The maximum Gasteiger partial charge on any atom is 0.226 e. The van der Waals surface area contributed by atoms with E-state index in [1.807, 2.05) is 0 Å². The fraction of sp³-hybridized carbons (Fsp3) is 0.933. The average Bonchev–Trinajstić information content (AvgIpc) is 2.40. The first-order valence-electron chi connectivity index (χ1n) is 7.86. The van der Waals surface area contributed by atoms with Crippen LogP contribution in [0, 0.1) is 5.41 Å². The molecule has 110 valence electrons. The fourth-order valence-corrected chi connectivity index (χ4v) is 3.60. The lowest BCUT2D eigenvalue weighted by atomic mass is 9.74. The van der Waals surface area contributed by atoms with Crippen molar-refractivity contribution in [2.75, 3.05) is 33.2 Å². The minimum Gasteiger partial charge on any atom is -0.352 e. The van der Waals surface area contributed by atoms with Crippen LogP contribution in [-0.4, -0.2) is 50.1 Å². The summed E-state index contributed by atoms with van der Waals surface area (Å²) in [6.45, 7) is 6.32. The lowest BCUT2D eigenvalue weighted by Gasteiger charge is -2.39. The molecule has 2 N–H and O–H groups in total. The summed E-state index contributed by atoms with van der Waals surface area (Å²) in [5.74, 6) is 0.316. The largest absolute Gasteiger partial charge is 0.352 e. The first kappa shape index (κ1) is 14.8. The van der Waals surface area contributed by atoms with Crippen molar-refractivity contribution in [1.82, 2.24) is 15.5 Å². The molecule has 19 heavy (non-hydrogen) atoms. The fourth-order valence-electron chi connectivity index (χ4n) is 3.60. The van der Waals surface area contributed by atoms with Gasteiger partial charge in [-0.2, -0.15) is 0 Å². The quantitative estimate of drug-likeness (QED) is 0.808. The van der Waals surface area contributed by atoms with Crippen LogP contribution >= 0.6 is 0 Å². The Morgan fingerprint density at radius 2 is 2.16 bits per heavy atom. The van der Waals surface area contributed by atoms with Crippen molar-refractivity contribution < 1.29 is 4.79 Å². The summed E-state index contributed by atoms with van der Waals surface area (Å²) in [6.07, 6.45) is 6.45. The molecule has 1 atom stereocenters. The van der Waals surface area contributed by atoms with Gasteiger partial charge in [0.25, 0.3) is 0 Å². The van der Waals surface area contributed by atoms with Gasteiger partial charge in [-0.15, -0.1) is 0 Å². The summed E-state index contributed by atoms with van der Waals surface area (Å²) >= 11 is 0. The van der Waals surface area contributed by atoms with Crippen LogP contribution in [0.4, 0.5) is 0 Å². The number of carbonyl (C=O) groups excluding carboxylic acids is 1. The highest BCUT2D eigenvalue weighted by molar-refractivity contribution is 5.83. The molecule has 1 unspecified atom stereocenters. The van der Waals surface area contributed by atoms with Crippen molar-refractivity contribution >= 4 is 5.91 Å². The molecule has 0 aromatic rings. The third-order valence-corrected chi connectivity index (χ3v) is 4.73. The van der Waals surface area contributed by atoms with Crippen molar-refractivity contribution in [3.63, 3.8) is 0 Å². The molecular formula is C15H29N3O. The highest BCUT2D eigenvalue weighted by Gasteiger charge is 2.39. The molecule has 4 nitrogen and oxygen atoms in total. The Bertz CT molecular complexity index is 294. The zero-order valence-electron chi connectivity index (χ0n) is 12.5. The number of nitrogens with zero attached hydrogens (tertiary/aromatic N) is 1. The van der Waals surface area contributed by atoms with E-state index in [9.17, 15) is 4.79 Å². The van der Waals surface area contributed by atoms with Gasteiger partial charge in [0.15, 0.2) is 0 Å². The zero-order valence-corrected chi connectivity index (χ0v) is 12.5.